The second-order valence-corrected chi connectivity index (χ2v) is 5.84. The van der Waals surface area contributed by atoms with Crippen molar-refractivity contribution >= 4 is 17.9 Å². The highest BCUT2D eigenvalue weighted by atomic mass is 16.5. The average Bonchev–Trinajstić information content (AvgIpc) is 2.44. The van der Waals surface area contributed by atoms with Crippen molar-refractivity contribution in [2.75, 3.05) is 0 Å². The molecule has 7 heteroatoms. The van der Waals surface area contributed by atoms with E-state index in [1.807, 2.05) is 30.3 Å². The van der Waals surface area contributed by atoms with Crippen molar-refractivity contribution in [1.29, 1.82) is 0 Å². The van der Waals surface area contributed by atoms with Crippen LogP contribution in [0.1, 0.15) is 32.3 Å². The average molecular weight is 323 g/mol. The molecule has 1 aromatic carbocycles. The molecule has 0 heterocycles. The Morgan fingerprint density at radius 3 is 2.30 bits per heavy atom. The zero-order chi connectivity index (χ0) is 17.5. The van der Waals surface area contributed by atoms with Gasteiger partial charge in [-0.05, 0) is 19.4 Å². The molecule has 0 radical (unpaired) electrons. The van der Waals surface area contributed by atoms with Crippen LogP contribution in [0, 0.1) is 0 Å². The molecule has 23 heavy (non-hydrogen) atoms. The van der Waals surface area contributed by atoms with Gasteiger partial charge in [-0.15, -0.1) is 0 Å². The van der Waals surface area contributed by atoms with E-state index in [-0.39, 0.29) is 13.0 Å². The molecule has 0 aliphatic heterocycles. The molecule has 0 unspecified atom stereocenters. The van der Waals surface area contributed by atoms with Gasteiger partial charge >= 0.3 is 17.9 Å². The van der Waals surface area contributed by atoms with Crippen LogP contribution in [-0.2, 0) is 25.7 Å². The van der Waals surface area contributed by atoms with Crippen LogP contribution >= 0.6 is 0 Å². The van der Waals surface area contributed by atoms with Gasteiger partial charge in [0, 0.05) is 5.54 Å². The van der Waals surface area contributed by atoms with E-state index in [1.165, 1.54) is 0 Å². The first kappa shape index (κ1) is 18.6. The van der Waals surface area contributed by atoms with Gasteiger partial charge in [0.2, 0.25) is 0 Å². The number of carbonyl (C=O) groups excluding carboxylic acids is 1. The van der Waals surface area contributed by atoms with Gasteiger partial charge in [0.25, 0.3) is 0 Å². The van der Waals surface area contributed by atoms with Crippen LogP contribution in [0.5, 0.6) is 0 Å². The van der Waals surface area contributed by atoms with E-state index in [9.17, 15) is 14.4 Å². The zero-order valence-electron chi connectivity index (χ0n) is 13.1. The van der Waals surface area contributed by atoms with Crippen LogP contribution in [0.3, 0.4) is 0 Å². The van der Waals surface area contributed by atoms with Crippen LogP contribution in [0.2, 0.25) is 0 Å². The first-order valence-electron chi connectivity index (χ1n) is 7.11. The summed E-state index contributed by atoms with van der Waals surface area (Å²) < 4.78 is 5.14. The fraction of sp³-hybridized carbons (Fsp3) is 0.438. The summed E-state index contributed by atoms with van der Waals surface area (Å²) in [7, 11) is 0. The van der Waals surface area contributed by atoms with E-state index in [4.69, 9.17) is 14.9 Å². The molecule has 3 N–H and O–H groups in total. The summed E-state index contributed by atoms with van der Waals surface area (Å²) in [5.41, 5.74) is -0.0624. The van der Waals surface area contributed by atoms with Crippen molar-refractivity contribution in [2.24, 2.45) is 0 Å². The number of carbonyl (C=O) groups is 3. The van der Waals surface area contributed by atoms with Crippen LogP contribution in [-0.4, -0.2) is 39.7 Å². The fourth-order valence-corrected chi connectivity index (χ4v) is 2.05. The van der Waals surface area contributed by atoms with Gasteiger partial charge < -0.3 is 14.9 Å². The number of ether oxygens (including phenoxy) is 1. The summed E-state index contributed by atoms with van der Waals surface area (Å²) >= 11 is 0. The maximum atomic E-state index is 11.9. The van der Waals surface area contributed by atoms with E-state index in [1.54, 1.807) is 13.8 Å². The molecule has 1 aromatic rings. The minimum atomic E-state index is -1.28. The minimum absolute atomic E-state index is 0.0801. The lowest BCUT2D eigenvalue weighted by molar-refractivity contribution is -0.149. The summed E-state index contributed by atoms with van der Waals surface area (Å²) in [5.74, 6) is -3.00. The summed E-state index contributed by atoms with van der Waals surface area (Å²) in [6.45, 7) is 3.37. The lowest BCUT2D eigenvalue weighted by atomic mass is 9.98. The number of nitrogens with one attached hydrogen (secondary N) is 1. The Hall–Kier alpha value is -2.41. The van der Waals surface area contributed by atoms with Crippen molar-refractivity contribution < 1.29 is 29.3 Å². The third-order valence-corrected chi connectivity index (χ3v) is 3.07. The Morgan fingerprint density at radius 1 is 1.17 bits per heavy atom. The van der Waals surface area contributed by atoms with Gasteiger partial charge in [-0.3, -0.25) is 19.7 Å². The first-order valence-corrected chi connectivity index (χ1v) is 7.11. The van der Waals surface area contributed by atoms with Gasteiger partial charge in [0.1, 0.15) is 12.6 Å². The molecule has 7 nitrogen and oxygen atoms in total. The maximum absolute atomic E-state index is 11.9. The van der Waals surface area contributed by atoms with Crippen LogP contribution < -0.4 is 5.32 Å². The standard InChI is InChI=1S/C16H21NO6/c1-16(2,17-12(15(21)22)8-13(18)19)9-14(20)23-10-11-6-4-3-5-7-11/h3-7,12,17H,8-10H2,1-2H3,(H,18,19)(H,21,22)/t12-/m0/s1. The number of aliphatic carboxylic acids is 2. The molecule has 0 fully saturated rings. The molecule has 0 aromatic heterocycles. The number of hydrogen-bond donors (Lipinski definition) is 3. The molecule has 0 spiro atoms. The van der Waals surface area contributed by atoms with Crippen molar-refractivity contribution in [2.45, 2.75) is 44.9 Å². The molecular weight excluding hydrogens is 302 g/mol. The topological polar surface area (TPSA) is 113 Å². The Morgan fingerprint density at radius 2 is 1.78 bits per heavy atom. The highest BCUT2D eigenvalue weighted by molar-refractivity contribution is 5.80. The van der Waals surface area contributed by atoms with Gasteiger partial charge in [-0.2, -0.15) is 0 Å². The smallest absolute Gasteiger partial charge is 0.321 e. The highest BCUT2D eigenvalue weighted by Crippen LogP contribution is 2.13. The predicted octanol–water partition coefficient (Wildman–Crippen LogP) is 1.42. The molecule has 0 bridgehead atoms. The van der Waals surface area contributed by atoms with Gasteiger partial charge in [-0.1, -0.05) is 30.3 Å². The van der Waals surface area contributed by atoms with Gasteiger partial charge in [0.15, 0.2) is 0 Å². The number of rotatable bonds is 9. The van der Waals surface area contributed by atoms with E-state index in [2.05, 4.69) is 5.32 Å². The summed E-state index contributed by atoms with van der Waals surface area (Å²) in [4.78, 5) is 33.6. The van der Waals surface area contributed by atoms with Crippen LogP contribution in [0.15, 0.2) is 30.3 Å². The van der Waals surface area contributed by atoms with Crippen molar-refractivity contribution in [3.63, 3.8) is 0 Å². The predicted molar refractivity (Wildman–Crippen MR) is 81.7 cm³/mol. The van der Waals surface area contributed by atoms with Crippen molar-refractivity contribution in [3.8, 4) is 0 Å². The van der Waals surface area contributed by atoms with Crippen molar-refractivity contribution in [3.05, 3.63) is 35.9 Å². The molecule has 0 amide bonds. The molecule has 1 rings (SSSR count). The van der Waals surface area contributed by atoms with Crippen molar-refractivity contribution in [1.82, 2.24) is 5.32 Å². The number of carboxylic acid groups (broad SMARTS) is 2. The first-order chi connectivity index (χ1) is 10.7. The van der Waals surface area contributed by atoms with Crippen LogP contribution in [0.25, 0.3) is 0 Å². The normalized spacial score (nSPS) is 12.4. The number of hydrogen-bond acceptors (Lipinski definition) is 5. The van der Waals surface area contributed by atoms with E-state index >= 15 is 0 Å². The Labute approximate surface area is 134 Å². The highest BCUT2D eigenvalue weighted by Gasteiger charge is 2.30. The van der Waals surface area contributed by atoms with Crippen LogP contribution in [0.4, 0.5) is 0 Å². The molecule has 0 aliphatic rings. The second kappa shape index (κ2) is 8.28. The lowest BCUT2D eigenvalue weighted by Gasteiger charge is -2.28. The summed E-state index contributed by atoms with van der Waals surface area (Å²) in [6, 6.07) is 7.89. The lowest BCUT2D eigenvalue weighted by Crippen LogP contribution is -2.51. The quantitative estimate of drug-likeness (QED) is 0.589. The third kappa shape index (κ3) is 7.42. The monoisotopic (exact) mass is 323 g/mol. The van der Waals surface area contributed by atoms with Gasteiger partial charge in [-0.25, -0.2) is 0 Å². The molecular formula is C16H21NO6. The fourth-order valence-electron chi connectivity index (χ4n) is 2.05. The molecule has 126 valence electrons. The SMILES string of the molecule is CC(C)(CC(=O)OCc1ccccc1)N[C@@H](CC(=O)O)C(=O)O. The Kier molecular flexibility index (Phi) is 6.71. The molecule has 1 atom stereocenters. The van der Waals surface area contributed by atoms with E-state index < -0.39 is 35.9 Å². The summed E-state index contributed by atoms with van der Waals surface area (Å²) in [5, 5.41) is 20.4. The number of esters is 1. The molecule has 0 saturated carbocycles. The Balaban J connectivity index is 2.53. The second-order valence-electron chi connectivity index (χ2n) is 5.84. The Bertz CT molecular complexity index is 555. The largest absolute Gasteiger partial charge is 0.481 e. The minimum Gasteiger partial charge on any atom is -0.481 e. The maximum Gasteiger partial charge on any atom is 0.321 e. The molecule has 0 aliphatic carbocycles. The van der Waals surface area contributed by atoms with E-state index in [0.717, 1.165) is 5.56 Å². The summed E-state index contributed by atoms with van der Waals surface area (Å²) in [6.07, 6.45) is -0.652. The number of benzene rings is 1. The van der Waals surface area contributed by atoms with Gasteiger partial charge in [0.05, 0.1) is 12.8 Å². The molecule has 0 saturated heterocycles. The number of carboxylic acids is 2. The zero-order valence-corrected chi connectivity index (χ0v) is 13.1. The third-order valence-electron chi connectivity index (χ3n) is 3.07. The van der Waals surface area contributed by atoms with E-state index in [0.29, 0.717) is 0 Å².